The maximum absolute atomic E-state index is 5.11. The van der Waals surface area contributed by atoms with E-state index in [4.69, 9.17) is 4.98 Å². The molecule has 0 N–H and O–H groups in total. The van der Waals surface area contributed by atoms with Crippen LogP contribution in [0.3, 0.4) is 0 Å². The molecule has 0 unspecified atom stereocenters. The van der Waals surface area contributed by atoms with Crippen LogP contribution in [-0.2, 0) is 5.41 Å². The number of imidazole rings is 1. The van der Waals surface area contributed by atoms with Crippen molar-refractivity contribution in [2.75, 3.05) is 0 Å². The largest absolute Gasteiger partial charge is 0.292 e. The van der Waals surface area contributed by atoms with Crippen LogP contribution in [0.5, 0.6) is 0 Å². The molecule has 0 saturated carbocycles. The van der Waals surface area contributed by atoms with Gasteiger partial charge in [-0.05, 0) is 120 Å². The Morgan fingerprint density at radius 2 is 0.911 bits per heavy atom. The van der Waals surface area contributed by atoms with Crippen LogP contribution in [0, 0.1) is 0 Å². The molecule has 0 atom stereocenters. The van der Waals surface area contributed by atoms with Crippen molar-refractivity contribution in [1.82, 2.24) is 9.55 Å². The van der Waals surface area contributed by atoms with Gasteiger partial charge < -0.3 is 0 Å². The summed E-state index contributed by atoms with van der Waals surface area (Å²) in [5.74, 6) is 0.943. The SMILES string of the molecule is CC1(C)c2cc(-c3ccc(-c4nc5ccccc5n4-c4ccccc4)cc3)ccc2-c2cc3c(-c4ccccc4)c4ccccc4c(-c4ccccc4)c3cc21. The highest BCUT2D eigenvalue weighted by Crippen LogP contribution is 2.54. The summed E-state index contributed by atoms with van der Waals surface area (Å²) in [4.78, 5) is 5.11. The van der Waals surface area contributed by atoms with Gasteiger partial charge in [-0.1, -0.05) is 166 Å². The zero-order chi connectivity index (χ0) is 37.4. The third kappa shape index (κ3) is 4.92. The molecular formula is C54H38N2. The highest BCUT2D eigenvalue weighted by atomic mass is 15.1. The molecule has 1 aliphatic rings. The van der Waals surface area contributed by atoms with Gasteiger partial charge in [-0.15, -0.1) is 0 Å². The van der Waals surface area contributed by atoms with E-state index in [9.17, 15) is 0 Å². The molecule has 0 aliphatic heterocycles. The molecule has 11 rings (SSSR count). The number of hydrogen-bond donors (Lipinski definition) is 0. The molecule has 2 nitrogen and oxygen atoms in total. The monoisotopic (exact) mass is 714 g/mol. The Labute approximate surface area is 327 Å². The predicted octanol–water partition coefficient (Wildman–Crippen LogP) is 14.3. The first-order valence-electron chi connectivity index (χ1n) is 19.5. The highest BCUT2D eigenvalue weighted by Gasteiger charge is 2.37. The Bertz CT molecular complexity index is 3120. The lowest BCUT2D eigenvalue weighted by molar-refractivity contribution is 0.661. The van der Waals surface area contributed by atoms with Crippen molar-refractivity contribution < 1.29 is 0 Å². The molecule has 0 amide bonds. The first kappa shape index (κ1) is 32.4. The lowest BCUT2D eigenvalue weighted by atomic mass is 9.79. The van der Waals surface area contributed by atoms with E-state index in [0.717, 1.165) is 28.1 Å². The fraction of sp³-hybridized carbons (Fsp3) is 0.0556. The minimum Gasteiger partial charge on any atom is -0.292 e. The van der Waals surface area contributed by atoms with E-state index in [1.54, 1.807) is 0 Å². The van der Waals surface area contributed by atoms with Gasteiger partial charge in [0.1, 0.15) is 5.82 Å². The highest BCUT2D eigenvalue weighted by molar-refractivity contribution is 6.22. The second kappa shape index (κ2) is 12.5. The molecule has 1 aliphatic carbocycles. The zero-order valence-electron chi connectivity index (χ0n) is 31.4. The Hall–Kier alpha value is -7.03. The van der Waals surface area contributed by atoms with Crippen LogP contribution in [-0.4, -0.2) is 9.55 Å². The minimum atomic E-state index is -0.193. The second-order valence-corrected chi connectivity index (χ2v) is 15.5. The third-order valence-corrected chi connectivity index (χ3v) is 12.0. The zero-order valence-corrected chi connectivity index (χ0v) is 31.4. The number of benzene rings is 9. The second-order valence-electron chi connectivity index (χ2n) is 15.5. The Kier molecular flexibility index (Phi) is 7.24. The third-order valence-electron chi connectivity index (χ3n) is 12.0. The van der Waals surface area contributed by atoms with Crippen LogP contribution in [0.2, 0.25) is 0 Å². The van der Waals surface area contributed by atoms with Crippen molar-refractivity contribution in [3.8, 4) is 61.6 Å². The number of para-hydroxylation sites is 3. The van der Waals surface area contributed by atoms with Crippen molar-refractivity contribution >= 4 is 32.6 Å². The molecular weight excluding hydrogens is 677 g/mol. The summed E-state index contributed by atoms with van der Waals surface area (Å²) < 4.78 is 2.26. The van der Waals surface area contributed by atoms with E-state index >= 15 is 0 Å². The van der Waals surface area contributed by atoms with Crippen LogP contribution in [0.25, 0.3) is 94.2 Å². The maximum atomic E-state index is 5.11. The molecule has 0 spiro atoms. The van der Waals surface area contributed by atoms with Crippen LogP contribution in [0.15, 0.2) is 194 Å². The number of hydrogen-bond acceptors (Lipinski definition) is 1. The standard InChI is InChI=1S/C54H38N2/c1-54(2)47-32-39(35-26-28-38(29-27-35)53-55-49-24-14-15-25-50(49)56(53)40-20-10-5-11-21-40)30-31-41(47)44-33-45-46(34-48(44)54)52(37-18-8-4-9-19-37)43-23-13-12-22-42(43)51(45)36-16-6-3-7-17-36/h3-34H,1-2H3. The van der Waals surface area contributed by atoms with Crippen LogP contribution in [0.4, 0.5) is 0 Å². The summed E-state index contributed by atoms with van der Waals surface area (Å²) in [6.07, 6.45) is 0. The quantitative estimate of drug-likeness (QED) is 0.162. The van der Waals surface area contributed by atoms with Crippen molar-refractivity contribution in [2.24, 2.45) is 0 Å². The topological polar surface area (TPSA) is 17.8 Å². The van der Waals surface area contributed by atoms with Gasteiger partial charge in [0.05, 0.1) is 11.0 Å². The number of rotatable bonds is 5. The first-order chi connectivity index (χ1) is 27.5. The van der Waals surface area contributed by atoms with E-state index < -0.39 is 0 Å². The molecule has 0 fully saturated rings. The van der Waals surface area contributed by atoms with Gasteiger partial charge in [0.15, 0.2) is 0 Å². The van der Waals surface area contributed by atoms with Crippen LogP contribution < -0.4 is 0 Å². The fourth-order valence-electron chi connectivity index (χ4n) is 9.28. The van der Waals surface area contributed by atoms with E-state index in [1.807, 2.05) is 0 Å². The number of nitrogens with zero attached hydrogens (tertiary/aromatic N) is 2. The Morgan fingerprint density at radius 3 is 1.57 bits per heavy atom. The number of aromatic nitrogens is 2. The summed E-state index contributed by atoms with van der Waals surface area (Å²) in [5.41, 5.74) is 17.0. The van der Waals surface area contributed by atoms with Crippen molar-refractivity contribution in [1.29, 1.82) is 0 Å². The van der Waals surface area contributed by atoms with Crippen molar-refractivity contribution in [2.45, 2.75) is 19.3 Å². The van der Waals surface area contributed by atoms with Gasteiger partial charge in [-0.25, -0.2) is 4.98 Å². The lowest BCUT2D eigenvalue weighted by Gasteiger charge is -2.24. The predicted molar refractivity (Wildman–Crippen MR) is 235 cm³/mol. The normalized spacial score (nSPS) is 13.0. The van der Waals surface area contributed by atoms with Gasteiger partial charge in [0.25, 0.3) is 0 Å². The minimum absolute atomic E-state index is 0.193. The molecule has 0 radical (unpaired) electrons. The van der Waals surface area contributed by atoms with Gasteiger partial charge in [-0.2, -0.15) is 0 Å². The van der Waals surface area contributed by atoms with Crippen molar-refractivity contribution in [3.63, 3.8) is 0 Å². The average Bonchev–Trinajstić information content (AvgIpc) is 3.75. The van der Waals surface area contributed by atoms with Gasteiger partial charge in [-0.3, -0.25) is 4.57 Å². The summed E-state index contributed by atoms with van der Waals surface area (Å²) >= 11 is 0. The smallest absolute Gasteiger partial charge is 0.145 e. The van der Waals surface area contributed by atoms with Gasteiger partial charge >= 0.3 is 0 Å². The summed E-state index contributed by atoms with van der Waals surface area (Å²) in [7, 11) is 0. The molecule has 264 valence electrons. The van der Waals surface area contributed by atoms with Gasteiger partial charge in [0, 0.05) is 16.7 Å². The molecule has 1 heterocycles. The first-order valence-corrected chi connectivity index (χ1v) is 19.5. The summed E-state index contributed by atoms with van der Waals surface area (Å²) in [5, 5.41) is 5.15. The van der Waals surface area contributed by atoms with Gasteiger partial charge in [0.2, 0.25) is 0 Å². The van der Waals surface area contributed by atoms with Crippen LogP contribution in [0.1, 0.15) is 25.0 Å². The van der Waals surface area contributed by atoms with E-state index in [0.29, 0.717) is 0 Å². The molecule has 0 bridgehead atoms. The molecule has 56 heavy (non-hydrogen) atoms. The maximum Gasteiger partial charge on any atom is 0.145 e. The fourth-order valence-corrected chi connectivity index (χ4v) is 9.28. The molecule has 0 saturated heterocycles. The average molecular weight is 715 g/mol. The number of fused-ring (bicyclic) bond motifs is 6. The molecule has 9 aromatic carbocycles. The van der Waals surface area contributed by atoms with E-state index in [1.165, 1.54) is 77.2 Å². The van der Waals surface area contributed by atoms with E-state index in [-0.39, 0.29) is 5.41 Å². The Morgan fingerprint density at radius 1 is 0.393 bits per heavy atom. The Balaban J connectivity index is 1.06. The lowest BCUT2D eigenvalue weighted by Crippen LogP contribution is -2.15. The van der Waals surface area contributed by atoms with E-state index in [2.05, 4.69) is 213 Å². The molecule has 1 aromatic heterocycles. The summed E-state index contributed by atoms with van der Waals surface area (Å²) in [6, 6.07) is 70.7. The summed E-state index contributed by atoms with van der Waals surface area (Å²) in [6.45, 7) is 4.79. The van der Waals surface area contributed by atoms with Crippen LogP contribution >= 0.6 is 0 Å². The van der Waals surface area contributed by atoms with Crippen molar-refractivity contribution in [3.05, 3.63) is 205 Å². The molecule has 2 heteroatoms. The molecule has 10 aromatic rings.